The van der Waals surface area contributed by atoms with Crippen molar-refractivity contribution in [1.82, 2.24) is 4.90 Å². The second-order valence-electron chi connectivity index (χ2n) is 5.64. The molecular formula is C16H21NO4. The summed E-state index contributed by atoms with van der Waals surface area (Å²) in [5.41, 5.74) is 0.284. The van der Waals surface area contributed by atoms with Crippen LogP contribution in [0.3, 0.4) is 0 Å². The van der Waals surface area contributed by atoms with Crippen LogP contribution in [0.1, 0.15) is 12.5 Å². The molecule has 1 aliphatic rings. The zero-order valence-corrected chi connectivity index (χ0v) is 12.7. The van der Waals surface area contributed by atoms with Gasteiger partial charge in [-0.25, -0.2) is 0 Å². The van der Waals surface area contributed by atoms with Crippen molar-refractivity contribution in [1.29, 1.82) is 0 Å². The monoisotopic (exact) mass is 291 g/mol. The van der Waals surface area contributed by atoms with Gasteiger partial charge in [0.05, 0.1) is 25.6 Å². The highest BCUT2D eigenvalue weighted by Gasteiger charge is 2.53. The minimum absolute atomic E-state index is 0.363. The lowest BCUT2D eigenvalue weighted by Gasteiger charge is -2.25. The summed E-state index contributed by atoms with van der Waals surface area (Å²) in [6.07, 6.45) is 0. The molecule has 21 heavy (non-hydrogen) atoms. The second-order valence-corrected chi connectivity index (χ2v) is 5.64. The van der Waals surface area contributed by atoms with Crippen LogP contribution < -0.4 is 0 Å². The Labute approximate surface area is 124 Å². The third kappa shape index (κ3) is 3.08. The first-order valence-corrected chi connectivity index (χ1v) is 6.94. The van der Waals surface area contributed by atoms with Gasteiger partial charge in [0.1, 0.15) is 0 Å². The fourth-order valence-corrected chi connectivity index (χ4v) is 2.98. The number of esters is 2. The summed E-state index contributed by atoms with van der Waals surface area (Å²) >= 11 is 0. The van der Waals surface area contributed by atoms with Gasteiger partial charge in [-0.05, 0) is 12.5 Å². The molecule has 5 heteroatoms. The average Bonchev–Trinajstić information content (AvgIpc) is 2.84. The van der Waals surface area contributed by atoms with Crippen LogP contribution in [-0.4, -0.2) is 44.1 Å². The topological polar surface area (TPSA) is 55.8 Å². The first-order chi connectivity index (χ1) is 10.0. The molecule has 0 aliphatic carbocycles. The van der Waals surface area contributed by atoms with Gasteiger partial charge in [-0.15, -0.1) is 0 Å². The number of nitrogens with zero attached hydrogens (tertiary/aromatic N) is 1. The number of carbonyl (C=O) groups is 2. The van der Waals surface area contributed by atoms with E-state index in [0.29, 0.717) is 19.6 Å². The van der Waals surface area contributed by atoms with Crippen LogP contribution in [0.15, 0.2) is 30.3 Å². The van der Waals surface area contributed by atoms with Crippen LogP contribution in [-0.2, 0) is 25.6 Å². The molecule has 0 N–H and O–H groups in total. The summed E-state index contributed by atoms with van der Waals surface area (Å²) in [5.74, 6) is -1.23. The van der Waals surface area contributed by atoms with Crippen LogP contribution in [0.2, 0.25) is 0 Å². The van der Waals surface area contributed by atoms with E-state index in [1.807, 2.05) is 30.3 Å². The van der Waals surface area contributed by atoms with Gasteiger partial charge in [-0.1, -0.05) is 30.3 Å². The van der Waals surface area contributed by atoms with Gasteiger partial charge in [0, 0.05) is 19.6 Å². The smallest absolute Gasteiger partial charge is 0.313 e. The van der Waals surface area contributed by atoms with Crippen LogP contribution in [0.5, 0.6) is 0 Å². The Balaban J connectivity index is 2.18. The SMILES string of the molecule is COC(=O)C1CN(Cc2ccccc2)CC1(C)C(=O)OC. The molecule has 0 amide bonds. The predicted molar refractivity (Wildman–Crippen MR) is 77.3 cm³/mol. The highest BCUT2D eigenvalue weighted by Crippen LogP contribution is 2.38. The van der Waals surface area contributed by atoms with Crippen LogP contribution in [0.25, 0.3) is 0 Å². The van der Waals surface area contributed by atoms with E-state index in [1.54, 1.807) is 6.92 Å². The standard InChI is InChI=1S/C16H21NO4/c1-16(15(19)21-3)11-17(10-13(16)14(18)20-2)9-12-7-5-4-6-8-12/h4-8,13H,9-11H2,1-3H3. The Kier molecular flexibility index (Phi) is 4.63. The molecule has 0 saturated carbocycles. The van der Waals surface area contributed by atoms with Gasteiger partial charge in [-0.2, -0.15) is 0 Å². The molecule has 114 valence electrons. The number of methoxy groups -OCH3 is 2. The van der Waals surface area contributed by atoms with Crippen molar-refractivity contribution in [2.75, 3.05) is 27.3 Å². The van der Waals surface area contributed by atoms with Gasteiger partial charge in [0.25, 0.3) is 0 Å². The fraction of sp³-hybridized carbons (Fsp3) is 0.500. The normalized spacial score (nSPS) is 25.6. The maximum atomic E-state index is 12.1. The molecule has 2 unspecified atom stereocenters. The molecule has 2 rings (SSSR count). The highest BCUT2D eigenvalue weighted by molar-refractivity contribution is 5.86. The van der Waals surface area contributed by atoms with Crippen molar-refractivity contribution in [3.8, 4) is 0 Å². The lowest BCUT2D eigenvalue weighted by atomic mass is 9.80. The molecule has 1 aliphatic heterocycles. The molecule has 0 radical (unpaired) electrons. The van der Waals surface area contributed by atoms with E-state index in [4.69, 9.17) is 9.47 Å². The van der Waals surface area contributed by atoms with E-state index in [-0.39, 0.29) is 11.9 Å². The third-order valence-electron chi connectivity index (χ3n) is 4.15. The molecule has 1 heterocycles. The number of hydrogen-bond acceptors (Lipinski definition) is 5. The van der Waals surface area contributed by atoms with Gasteiger partial charge in [0.15, 0.2) is 0 Å². The molecule has 1 saturated heterocycles. The van der Waals surface area contributed by atoms with Crippen molar-refractivity contribution in [3.05, 3.63) is 35.9 Å². The number of hydrogen-bond donors (Lipinski definition) is 0. The Morgan fingerprint density at radius 1 is 1.24 bits per heavy atom. The van der Waals surface area contributed by atoms with E-state index < -0.39 is 11.3 Å². The van der Waals surface area contributed by atoms with E-state index in [0.717, 1.165) is 5.56 Å². The highest BCUT2D eigenvalue weighted by atomic mass is 16.5. The average molecular weight is 291 g/mol. The van der Waals surface area contributed by atoms with Crippen molar-refractivity contribution in [2.24, 2.45) is 11.3 Å². The molecule has 5 nitrogen and oxygen atoms in total. The molecular weight excluding hydrogens is 270 g/mol. The van der Waals surface area contributed by atoms with E-state index in [9.17, 15) is 9.59 Å². The molecule has 1 aromatic carbocycles. The largest absolute Gasteiger partial charge is 0.469 e. The maximum Gasteiger partial charge on any atom is 0.313 e. The van der Waals surface area contributed by atoms with Crippen LogP contribution in [0, 0.1) is 11.3 Å². The van der Waals surface area contributed by atoms with Gasteiger partial charge in [-0.3, -0.25) is 14.5 Å². The Bertz CT molecular complexity index is 516. The van der Waals surface area contributed by atoms with Crippen molar-refractivity contribution in [2.45, 2.75) is 13.5 Å². The first kappa shape index (κ1) is 15.5. The quantitative estimate of drug-likeness (QED) is 0.786. The summed E-state index contributed by atoms with van der Waals surface area (Å²) in [4.78, 5) is 26.2. The zero-order valence-electron chi connectivity index (χ0n) is 12.7. The molecule has 0 spiro atoms. The van der Waals surface area contributed by atoms with E-state index in [1.165, 1.54) is 14.2 Å². The molecule has 1 aromatic rings. The summed E-state index contributed by atoms with van der Waals surface area (Å²) in [6, 6.07) is 9.97. The second kappa shape index (κ2) is 6.26. The predicted octanol–water partition coefficient (Wildman–Crippen LogP) is 1.47. The number of rotatable bonds is 4. The maximum absolute atomic E-state index is 12.1. The summed E-state index contributed by atoms with van der Waals surface area (Å²) in [7, 11) is 2.70. The van der Waals surface area contributed by atoms with Gasteiger partial charge >= 0.3 is 11.9 Å². The van der Waals surface area contributed by atoms with Crippen LogP contribution >= 0.6 is 0 Å². The lowest BCUT2D eigenvalue weighted by molar-refractivity contribution is -0.161. The van der Waals surface area contributed by atoms with Crippen molar-refractivity contribution >= 4 is 11.9 Å². The van der Waals surface area contributed by atoms with Gasteiger partial charge in [0.2, 0.25) is 0 Å². The molecule has 0 bridgehead atoms. The minimum Gasteiger partial charge on any atom is -0.469 e. The summed E-state index contributed by atoms with van der Waals surface area (Å²) in [6.45, 7) is 3.44. The number of ether oxygens (including phenoxy) is 2. The summed E-state index contributed by atoms with van der Waals surface area (Å²) in [5, 5.41) is 0. The first-order valence-electron chi connectivity index (χ1n) is 6.94. The van der Waals surface area contributed by atoms with Crippen molar-refractivity contribution < 1.29 is 19.1 Å². The molecule has 0 aromatic heterocycles. The third-order valence-corrected chi connectivity index (χ3v) is 4.15. The Morgan fingerprint density at radius 3 is 2.48 bits per heavy atom. The van der Waals surface area contributed by atoms with E-state index in [2.05, 4.69) is 4.90 Å². The van der Waals surface area contributed by atoms with Crippen LogP contribution in [0.4, 0.5) is 0 Å². The number of likely N-dealkylation sites (tertiary alicyclic amines) is 1. The van der Waals surface area contributed by atoms with Crippen molar-refractivity contribution in [3.63, 3.8) is 0 Å². The lowest BCUT2D eigenvalue weighted by Crippen LogP contribution is -2.40. The fourth-order valence-electron chi connectivity index (χ4n) is 2.98. The van der Waals surface area contributed by atoms with Gasteiger partial charge < -0.3 is 9.47 Å². The molecule has 2 atom stereocenters. The molecule has 1 fully saturated rings. The number of carbonyl (C=O) groups excluding carboxylic acids is 2. The summed E-state index contributed by atoms with van der Waals surface area (Å²) < 4.78 is 9.74. The minimum atomic E-state index is -0.864. The zero-order chi connectivity index (χ0) is 15.5. The van der Waals surface area contributed by atoms with E-state index >= 15 is 0 Å². The Morgan fingerprint density at radius 2 is 1.90 bits per heavy atom. The number of benzene rings is 1. The Hall–Kier alpha value is -1.88.